The maximum atomic E-state index is 8.75. The summed E-state index contributed by atoms with van der Waals surface area (Å²) in [6.45, 7) is 4.33. The predicted octanol–water partition coefficient (Wildman–Crippen LogP) is 3.14. The molecule has 1 saturated carbocycles. The zero-order chi connectivity index (χ0) is 14.9. The molecule has 1 aromatic heterocycles. The maximum absolute atomic E-state index is 8.75. The van der Waals surface area contributed by atoms with Crippen molar-refractivity contribution in [3.05, 3.63) is 11.9 Å². The average molecular weight is 292 g/mol. The van der Waals surface area contributed by atoms with Crippen LogP contribution in [0.15, 0.2) is 6.07 Å². The van der Waals surface area contributed by atoms with Crippen LogP contribution >= 0.6 is 0 Å². The highest BCUT2D eigenvalue weighted by Gasteiger charge is 2.27. The quantitative estimate of drug-likeness (QED) is 0.547. The van der Waals surface area contributed by atoms with Gasteiger partial charge in [0.1, 0.15) is 17.5 Å². The number of hydrogen-bond acceptors (Lipinski definition) is 5. The number of aromatic nitrogens is 2. The molecule has 5 nitrogen and oxygen atoms in total. The van der Waals surface area contributed by atoms with E-state index in [1.165, 1.54) is 12.8 Å². The first-order valence-electron chi connectivity index (χ1n) is 8.31. The summed E-state index contributed by atoms with van der Waals surface area (Å²) in [5.41, 5.74) is 0. The molecule has 0 aromatic carbocycles. The summed E-state index contributed by atoms with van der Waals surface area (Å²) >= 11 is 0. The number of nitrogens with zero attached hydrogens (tertiary/aromatic N) is 2. The molecule has 0 amide bonds. The lowest BCUT2D eigenvalue weighted by molar-refractivity contribution is 0.283. The number of anilines is 2. The van der Waals surface area contributed by atoms with E-state index in [0.717, 1.165) is 62.7 Å². The fourth-order valence-electron chi connectivity index (χ4n) is 2.23. The third-order valence-electron chi connectivity index (χ3n) is 3.63. The first-order valence-corrected chi connectivity index (χ1v) is 8.31. The van der Waals surface area contributed by atoms with Crippen molar-refractivity contribution in [1.29, 1.82) is 0 Å². The lowest BCUT2D eigenvalue weighted by atomic mass is 10.2. The van der Waals surface area contributed by atoms with Crippen molar-refractivity contribution in [2.75, 3.05) is 30.3 Å². The van der Waals surface area contributed by atoms with Crippen LogP contribution in [0.1, 0.15) is 63.6 Å². The summed E-state index contributed by atoms with van der Waals surface area (Å²) in [6.07, 6.45) is 7.80. The van der Waals surface area contributed by atoms with Gasteiger partial charge in [0.2, 0.25) is 0 Å². The normalized spacial score (nSPS) is 14.2. The van der Waals surface area contributed by atoms with Gasteiger partial charge in [-0.2, -0.15) is 0 Å². The molecule has 5 heteroatoms. The van der Waals surface area contributed by atoms with Crippen LogP contribution in [0, 0.1) is 0 Å². The monoisotopic (exact) mass is 292 g/mol. The van der Waals surface area contributed by atoms with Gasteiger partial charge in [0.15, 0.2) is 0 Å². The number of aliphatic hydroxyl groups excluding tert-OH is 1. The second-order valence-electron chi connectivity index (χ2n) is 5.76. The molecule has 1 fully saturated rings. The molecule has 0 aliphatic heterocycles. The van der Waals surface area contributed by atoms with Crippen LogP contribution in [0.4, 0.5) is 11.6 Å². The number of rotatable bonds is 11. The second-order valence-corrected chi connectivity index (χ2v) is 5.76. The van der Waals surface area contributed by atoms with Crippen LogP contribution < -0.4 is 10.6 Å². The Morgan fingerprint density at radius 2 is 1.71 bits per heavy atom. The third-order valence-corrected chi connectivity index (χ3v) is 3.63. The minimum atomic E-state index is 0.302. The topological polar surface area (TPSA) is 70.1 Å². The van der Waals surface area contributed by atoms with Gasteiger partial charge in [-0.25, -0.2) is 9.97 Å². The highest BCUT2D eigenvalue weighted by Crippen LogP contribution is 2.38. The second kappa shape index (κ2) is 8.82. The Balaban J connectivity index is 1.83. The summed E-state index contributed by atoms with van der Waals surface area (Å²) in [7, 11) is 0. The van der Waals surface area contributed by atoms with Gasteiger partial charge in [-0.1, -0.05) is 19.8 Å². The van der Waals surface area contributed by atoms with E-state index in [4.69, 9.17) is 5.11 Å². The van der Waals surface area contributed by atoms with Crippen LogP contribution in [0.3, 0.4) is 0 Å². The number of hydrogen-bond donors (Lipinski definition) is 3. The van der Waals surface area contributed by atoms with E-state index in [1.54, 1.807) is 0 Å². The molecule has 1 aliphatic carbocycles. The van der Waals surface area contributed by atoms with Gasteiger partial charge in [-0.3, -0.25) is 0 Å². The Morgan fingerprint density at radius 3 is 2.33 bits per heavy atom. The Bertz CT molecular complexity index is 421. The summed E-state index contributed by atoms with van der Waals surface area (Å²) in [5, 5.41) is 15.5. The Hall–Kier alpha value is -1.36. The molecular weight excluding hydrogens is 264 g/mol. The molecule has 0 atom stereocenters. The van der Waals surface area contributed by atoms with Crippen LogP contribution in [0.25, 0.3) is 0 Å². The van der Waals surface area contributed by atoms with Gasteiger partial charge in [-0.05, 0) is 32.1 Å². The van der Waals surface area contributed by atoms with Gasteiger partial charge in [-0.15, -0.1) is 0 Å². The highest BCUT2D eigenvalue weighted by atomic mass is 16.2. The van der Waals surface area contributed by atoms with Crippen molar-refractivity contribution < 1.29 is 5.11 Å². The molecule has 118 valence electrons. The molecule has 21 heavy (non-hydrogen) atoms. The summed E-state index contributed by atoms with van der Waals surface area (Å²) in [5.74, 6) is 3.43. The molecule has 0 radical (unpaired) electrons. The van der Waals surface area contributed by atoms with E-state index in [1.807, 2.05) is 6.07 Å². The SMILES string of the molecule is CCCNc1cc(NCCCCCCO)nc(C2CC2)n1. The van der Waals surface area contributed by atoms with Crippen molar-refractivity contribution in [1.82, 2.24) is 9.97 Å². The molecule has 0 saturated heterocycles. The molecule has 0 spiro atoms. The van der Waals surface area contributed by atoms with E-state index >= 15 is 0 Å². The molecule has 2 rings (SSSR count). The van der Waals surface area contributed by atoms with E-state index < -0.39 is 0 Å². The Labute approximate surface area is 127 Å². The molecule has 1 aliphatic rings. The number of unbranched alkanes of at least 4 members (excludes halogenated alkanes) is 3. The van der Waals surface area contributed by atoms with Crippen molar-refractivity contribution >= 4 is 11.6 Å². The predicted molar refractivity (Wildman–Crippen MR) is 86.8 cm³/mol. The highest BCUT2D eigenvalue weighted by molar-refractivity contribution is 5.48. The summed E-state index contributed by atoms with van der Waals surface area (Å²) in [6, 6.07) is 2.01. The molecule has 0 unspecified atom stereocenters. The standard InChI is InChI=1S/C16H28N4O/c1-2-9-17-14-12-15(18-10-5-3-4-6-11-21)20-16(19-14)13-7-8-13/h12-13,21H,2-11H2,1H3,(H2,17,18,19,20). The Kier molecular flexibility index (Phi) is 6.73. The van der Waals surface area contributed by atoms with Gasteiger partial charge in [0.25, 0.3) is 0 Å². The van der Waals surface area contributed by atoms with Gasteiger partial charge >= 0.3 is 0 Å². The van der Waals surface area contributed by atoms with Gasteiger partial charge < -0.3 is 15.7 Å². The first-order chi connectivity index (χ1) is 10.3. The van der Waals surface area contributed by atoms with Crippen LogP contribution in [0.5, 0.6) is 0 Å². The van der Waals surface area contributed by atoms with Crippen molar-refractivity contribution in [2.45, 2.75) is 57.8 Å². The van der Waals surface area contributed by atoms with Crippen molar-refractivity contribution in [3.8, 4) is 0 Å². The lowest BCUT2D eigenvalue weighted by Crippen LogP contribution is -2.09. The smallest absolute Gasteiger partial charge is 0.136 e. The van der Waals surface area contributed by atoms with Gasteiger partial charge in [0.05, 0.1) is 0 Å². The molecule has 0 bridgehead atoms. The summed E-state index contributed by atoms with van der Waals surface area (Å²) in [4.78, 5) is 9.25. The van der Waals surface area contributed by atoms with E-state index in [0.29, 0.717) is 12.5 Å². The fraction of sp³-hybridized carbons (Fsp3) is 0.750. The van der Waals surface area contributed by atoms with Gasteiger partial charge in [0, 0.05) is 31.7 Å². The average Bonchev–Trinajstić information content (AvgIpc) is 3.33. The number of nitrogens with one attached hydrogen (secondary N) is 2. The van der Waals surface area contributed by atoms with Crippen molar-refractivity contribution in [2.24, 2.45) is 0 Å². The van der Waals surface area contributed by atoms with E-state index in [-0.39, 0.29) is 0 Å². The first kappa shape index (κ1) is 16.0. The molecular formula is C16H28N4O. The minimum absolute atomic E-state index is 0.302. The van der Waals surface area contributed by atoms with E-state index in [2.05, 4.69) is 27.5 Å². The maximum Gasteiger partial charge on any atom is 0.136 e. The fourth-order valence-corrected chi connectivity index (χ4v) is 2.23. The minimum Gasteiger partial charge on any atom is -0.396 e. The largest absolute Gasteiger partial charge is 0.396 e. The number of aliphatic hydroxyl groups is 1. The summed E-state index contributed by atoms with van der Waals surface area (Å²) < 4.78 is 0. The Morgan fingerprint density at radius 1 is 1.05 bits per heavy atom. The molecule has 1 aromatic rings. The van der Waals surface area contributed by atoms with Crippen molar-refractivity contribution in [3.63, 3.8) is 0 Å². The zero-order valence-corrected chi connectivity index (χ0v) is 13.1. The van der Waals surface area contributed by atoms with Crippen LogP contribution in [-0.2, 0) is 0 Å². The lowest BCUT2D eigenvalue weighted by Gasteiger charge is -2.11. The molecule has 1 heterocycles. The zero-order valence-electron chi connectivity index (χ0n) is 13.1. The van der Waals surface area contributed by atoms with Crippen LogP contribution in [-0.4, -0.2) is 34.8 Å². The van der Waals surface area contributed by atoms with E-state index in [9.17, 15) is 0 Å². The third kappa shape index (κ3) is 5.87. The van der Waals surface area contributed by atoms with Crippen LogP contribution in [0.2, 0.25) is 0 Å². The molecule has 3 N–H and O–H groups in total.